The molecule has 7 nitrogen and oxygen atoms in total. The average molecular weight is 408 g/mol. The molecule has 1 aromatic carbocycles. The van der Waals surface area contributed by atoms with Crippen LogP contribution in [0.3, 0.4) is 0 Å². The maximum Gasteiger partial charge on any atom is 0.283 e. The van der Waals surface area contributed by atoms with Gasteiger partial charge in [0.05, 0.1) is 23.5 Å². The smallest absolute Gasteiger partial charge is 0.283 e. The third-order valence-electron chi connectivity index (χ3n) is 4.34. The summed E-state index contributed by atoms with van der Waals surface area (Å²) in [7, 11) is 0. The van der Waals surface area contributed by atoms with E-state index in [1.165, 1.54) is 18.4 Å². The number of nitrogens with zero attached hydrogens (tertiary/aromatic N) is 2. The first-order chi connectivity index (χ1) is 13.5. The lowest BCUT2D eigenvalue weighted by Crippen LogP contribution is -3.15. The second-order valence-corrected chi connectivity index (χ2v) is 6.81. The minimum absolute atomic E-state index is 0.151. The van der Waals surface area contributed by atoms with Crippen LogP contribution in [0.4, 0.5) is 10.1 Å². The first-order valence-electron chi connectivity index (χ1n) is 8.94. The Hall–Kier alpha value is -2.71. The van der Waals surface area contributed by atoms with Gasteiger partial charge in [-0.1, -0.05) is 18.5 Å². The van der Waals surface area contributed by atoms with Crippen molar-refractivity contribution in [2.45, 2.75) is 32.9 Å². The van der Waals surface area contributed by atoms with Crippen LogP contribution in [-0.4, -0.2) is 28.7 Å². The molecule has 2 aromatic heterocycles. The molecule has 0 aliphatic rings. The molecule has 1 amide bonds. The van der Waals surface area contributed by atoms with Gasteiger partial charge in [-0.15, -0.1) is 10.2 Å². The maximum absolute atomic E-state index is 13.2. The highest BCUT2D eigenvalue weighted by molar-refractivity contribution is 6.33. The quantitative estimate of drug-likeness (QED) is 0.599. The van der Waals surface area contributed by atoms with Crippen LogP contribution in [0.15, 0.2) is 45.4 Å². The Labute approximate surface area is 166 Å². The first-order valence-corrected chi connectivity index (χ1v) is 9.32. The van der Waals surface area contributed by atoms with Crippen molar-refractivity contribution >= 4 is 23.2 Å². The van der Waals surface area contributed by atoms with E-state index in [1.54, 1.807) is 12.1 Å². The summed E-state index contributed by atoms with van der Waals surface area (Å²) in [6, 6.07) is 6.90. The Balaban J connectivity index is 1.69. The summed E-state index contributed by atoms with van der Waals surface area (Å²) in [5, 5.41) is 10.9. The van der Waals surface area contributed by atoms with Crippen molar-refractivity contribution in [1.82, 2.24) is 10.2 Å². The van der Waals surface area contributed by atoms with Crippen molar-refractivity contribution in [1.29, 1.82) is 0 Å². The Morgan fingerprint density at radius 1 is 1.36 bits per heavy atom. The van der Waals surface area contributed by atoms with E-state index in [-0.39, 0.29) is 10.9 Å². The fourth-order valence-corrected chi connectivity index (χ4v) is 3.03. The van der Waals surface area contributed by atoms with E-state index in [2.05, 4.69) is 15.5 Å². The van der Waals surface area contributed by atoms with Gasteiger partial charge in [-0.05, 0) is 43.7 Å². The van der Waals surface area contributed by atoms with Gasteiger partial charge in [0.25, 0.3) is 17.7 Å². The van der Waals surface area contributed by atoms with Gasteiger partial charge in [-0.25, -0.2) is 4.39 Å². The van der Waals surface area contributed by atoms with Crippen LogP contribution < -0.4 is 10.2 Å². The van der Waals surface area contributed by atoms with Crippen molar-refractivity contribution in [3.05, 3.63) is 53.3 Å². The van der Waals surface area contributed by atoms with Gasteiger partial charge in [0.15, 0.2) is 18.3 Å². The number of carbonyl (C=O) groups excluding carboxylic acids is 1. The number of hydrogen-bond acceptors (Lipinski definition) is 5. The normalized spacial score (nSPS) is 13.3. The molecule has 9 heteroatoms. The molecule has 148 valence electrons. The van der Waals surface area contributed by atoms with Crippen molar-refractivity contribution in [2.75, 3.05) is 11.9 Å². The number of nitrogens with one attached hydrogen (secondary N) is 2. The number of carbonyl (C=O) groups is 1. The number of aromatic nitrogens is 2. The van der Waals surface area contributed by atoms with E-state index in [1.807, 2.05) is 13.8 Å². The van der Waals surface area contributed by atoms with Gasteiger partial charge in [0.2, 0.25) is 0 Å². The maximum atomic E-state index is 13.2. The highest BCUT2D eigenvalue weighted by Crippen LogP contribution is 2.22. The van der Waals surface area contributed by atoms with Gasteiger partial charge in [0, 0.05) is 0 Å². The Bertz CT molecular complexity index is 929. The van der Waals surface area contributed by atoms with Gasteiger partial charge >= 0.3 is 0 Å². The molecule has 0 aliphatic carbocycles. The Morgan fingerprint density at radius 3 is 2.86 bits per heavy atom. The average Bonchev–Trinajstić information content (AvgIpc) is 3.34. The number of anilines is 1. The number of hydrogen-bond donors (Lipinski definition) is 2. The van der Waals surface area contributed by atoms with Gasteiger partial charge < -0.3 is 19.1 Å². The number of benzene rings is 1. The molecular formula is C19H21ClFN4O3+. The molecule has 0 radical (unpaired) electrons. The number of furan rings is 1. The Kier molecular flexibility index (Phi) is 6.43. The number of amides is 1. The van der Waals surface area contributed by atoms with Crippen LogP contribution in [0.25, 0.3) is 11.7 Å². The van der Waals surface area contributed by atoms with E-state index in [0.29, 0.717) is 29.8 Å². The van der Waals surface area contributed by atoms with Crippen molar-refractivity contribution in [3.8, 4) is 11.7 Å². The zero-order valence-electron chi connectivity index (χ0n) is 15.5. The van der Waals surface area contributed by atoms with Crippen LogP contribution >= 0.6 is 11.6 Å². The zero-order valence-corrected chi connectivity index (χ0v) is 16.3. The minimum atomic E-state index is -0.460. The number of rotatable bonds is 8. The van der Waals surface area contributed by atoms with Crippen molar-refractivity contribution < 1.29 is 22.9 Å². The SMILES string of the molecule is CCC[NH+](Cc1nnc(-c2ccco2)o1)[C@H](C)C(=O)Nc1ccc(F)cc1Cl. The predicted octanol–water partition coefficient (Wildman–Crippen LogP) is 2.94. The van der Waals surface area contributed by atoms with E-state index < -0.39 is 11.9 Å². The summed E-state index contributed by atoms with van der Waals surface area (Å²) < 4.78 is 24.1. The van der Waals surface area contributed by atoms with Crippen LogP contribution in [0.1, 0.15) is 26.2 Å². The zero-order chi connectivity index (χ0) is 20.1. The molecule has 3 rings (SSSR count). The molecule has 2 atom stereocenters. The summed E-state index contributed by atoms with van der Waals surface area (Å²) >= 11 is 6.00. The summed E-state index contributed by atoms with van der Waals surface area (Å²) in [5.41, 5.74) is 0.369. The molecule has 0 aliphatic heterocycles. The molecule has 2 N–H and O–H groups in total. The minimum Gasteiger partial charge on any atom is -0.459 e. The predicted molar refractivity (Wildman–Crippen MR) is 101 cm³/mol. The monoisotopic (exact) mass is 407 g/mol. The molecule has 0 bridgehead atoms. The summed E-state index contributed by atoms with van der Waals surface area (Å²) in [5.74, 6) is 0.508. The molecule has 1 unspecified atom stereocenters. The fraction of sp³-hybridized carbons (Fsp3) is 0.316. The van der Waals surface area contributed by atoms with Gasteiger partial charge in [-0.2, -0.15) is 0 Å². The second kappa shape index (κ2) is 8.99. The fourth-order valence-electron chi connectivity index (χ4n) is 2.82. The highest BCUT2D eigenvalue weighted by Gasteiger charge is 2.27. The van der Waals surface area contributed by atoms with Crippen molar-refractivity contribution in [3.63, 3.8) is 0 Å². The van der Waals surface area contributed by atoms with Crippen LogP contribution in [0, 0.1) is 5.82 Å². The first kappa shape index (κ1) is 20.0. The lowest BCUT2D eigenvalue weighted by Gasteiger charge is -2.23. The van der Waals surface area contributed by atoms with Crippen molar-refractivity contribution in [2.24, 2.45) is 0 Å². The summed E-state index contributed by atoms with van der Waals surface area (Å²) in [4.78, 5) is 13.6. The number of halogens is 2. The van der Waals surface area contributed by atoms with Gasteiger partial charge in [0.1, 0.15) is 5.82 Å². The summed E-state index contributed by atoms with van der Waals surface area (Å²) in [6.07, 6.45) is 2.39. The molecule has 0 fully saturated rings. The van der Waals surface area contributed by atoms with E-state index in [4.69, 9.17) is 20.4 Å². The highest BCUT2D eigenvalue weighted by atomic mass is 35.5. The standard InChI is InChI=1S/C19H20ClFN4O3/c1-3-8-25(11-17-23-24-19(28-17)16-5-4-9-27-16)12(2)18(26)22-15-7-6-13(21)10-14(15)20/h4-7,9-10,12H,3,8,11H2,1-2H3,(H,22,26)/p+1/t12-/m1/s1. The molecule has 0 saturated heterocycles. The second-order valence-electron chi connectivity index (χ2n) is 6.40. The van der Waals surface area contributed by atoms with E-state index >= 15 is 0 Å². The lowest BCUT2D eigenvalue weighted by molar-refractivity contribution is -0.928. The van der Waals surface area contributed by atoms with Crippen LogP contribution in [-0.2, 0) is 11.3 Å². The molecule has 2 heterocycles. The van der Waals surface area contributed by atoms with Crippen LogP contribution in [0.5, 0.6) is 0 Å². The van der Waals surface area contributed by atoms with E-state index in [0.717, 1.165) is 23.9 Å². The van der Waals surface area contributed by atoms with Gasteiger partial charge in [-0.3, -0.25) is 4.79 Å². The topological polar surface area (TPSA) is 85.6 Å². The third-order valence-corrected chi connectivity index (χ3v) is 4.66. The summed E-state index contributed by atoms with van der Waals surface area (Å²) in [6.45, 7) is 4.95. The third kappa shape index (κ3) is 4.76. The largest absolute Gasteiger partial charge is 0.459 e. The molecule has 28 heavy (non-hydrogen) atoms. The molecule has 3 aromatic rings. The molecular weight excluding hydrogens is 387 g/mol. The van der Waals surface area contributed by atoms with E-state index in [9.17, 15) is 9.18 Å². The number of quaternary nitrogens is 1. The Morgan fingerprint density at radius 2 is 2.18 bits per heavy atom. The molecule has 0 saturated carbocycles. The van der Waals surface area contributed by atoms with Crippen LogP contribution in [0.2, 0.25) is 5.02 Å². The lowest BCUT2D eigenvalue weighted by atomic mass is 10.2. The molecule has 0 spiro atoms.